The first-order valence-electron chi connectivity index (χ1n) is 39.2. The van der Waals surface area contributed by atoms with Gasteiger partial charge in [0, 0.05) is 118 Å². The molecule has 3 heterocycles. The largest absolute Gasteiger partial charge is 0.493 e. The van der Waals surface area contributed by atoms with Crippen molar-refractivity contribution >= 4 is 123 Å². The number of nitrogens with zero attached hydrogens (tertiary/aromatic N) is 11. The SMILES string of the molecule is CC(=O)CN(C)C(=O)CN(C)C(=O)CN(C)C(=O)CN(C)C(=O)CN(C)C(=O)CN(C)C(=O)CN(C)C(=O)CN(C)C(=O)CN(C)C(=O)CN(C)C(=O)CCCOc1cc(N2C(=O)C=CC2=O)ccc1CCC(=O)N[C@@H](C)C(=O)N[C@@H](C)C(=O)NCOCC(=O)[C@@]12O[C@H](c3sccc3F)O[C@@H]1C[C@H]1[C@@H]3CCC4=CC(=O)C=C[C@]4(C)[C@H]3[C@@H](O)C[C@@]12C. The van der Waals surface area contributed by atoms with Crippen molar-refractivity contribution in [2.75, 3.05) is 161 Å². The van der Waals surface area contributed by atoms with Crippen LogP contribution in [0.25, 0.3) is 0 Å². The second-order valence-corrected chi connectivity index (χ2v) is 33.1. The van der Waals surface area contributed by atoms with Crippen LogP contribution in [0.15, 0.2) is 65.6 Å². The molecule has 2 aliphatic heterocycles. The Morgan fingerprint density at radius 3 is 1.57 bits per heavy atom. The number of aliphatic hydroxyl groups excluding tert-OH is 1. The molecule has 6 aliphatic rings. The number of anilines is 1. The number of ether oxygens (including phenoxy) is 4. The lowest BCUT2D eigenvalue weighted by atomic mass is 9.46. The van der Waals surface area contributed by atoms with Crippen molar-refractivity contribution in [2.45, 2.75) is 122 Å². The number of likely N-dealkylation sites (N-methyl/N-ethyl adjacent to an activating group) is 10. The molecule has 4 aliphatic carbocycles. The second-order valence-electron chi connectivity index (χ2n) is 32.2. The van der Waals surface area contributed by atoms with Crippen molar-refractivity contribution in [3.8, 4) is 5.75 Å². The van der Waals surface area contributed by atoms with E-state index in [-0.39, 0.29) is 97.4 Å². The van der Waals surface area contributed by atoms with Gasteiger partial charge in [0.05, 0.1) is 94.8 Å². The van der Waals surface area contributed by atoms with Gasteiger partial charge >= 0.3 is 0 Å². The Morgan fingerprint density at radius 2 is 1.10 bits per heavy atom. The number of imide groups is 1. The summed E-state index contributed by atoms with van der Waals surface area (Å²) in [7, 11) is 13.3. The van der Waals surface area contributed by atoms with Gasteiger partial charge in [0.1, 0.15) is 42.8 Å². The van der Waals surface area contributed by atoms with Crippen LogP contribution in [0.1, 0.15) is 96.3 Å². The van der Waals surface area contributed by atoms with E-state index in [2.05, 4.69) is 16.0 Å². The molecule has 8 rings (SSSR count). The maximum absolute atomic E-state index is 15.1. The van der Waals surface area contributed by atoms with Crippen LogP contribution in [-0.4, -0.2) is 346 Å². The van der Waals surface area contributed by atoms with Crippen molar-refractivity contribution in [3.05, 3.63) is 81.9 Å². The number of allylic oxidation sites excluding steroid dienone is 4. The number of nitrogens with one attached hydrogen (secondary N) is 3. The summed E-state index contributed by atoms with van der Waals surface area (Å²) in [6.07, 6.45) is 5.82. The summed E-state index contributed by atoms with van der Waals surface area (Å²) in [5.74, 6) is -11.2. The van der Waals surface area contributed by atoms with Crippen LogP contribution in [-0.2, 0) is 107 Å². The Kier molecular flexibility index (Phi) is 31.8. The molecule has 39 heteroatoms. The number of halogens is 1. The third-order valence-corrected chi connectivity index (χ3v) is 24.1. The highest BCUT2D eigenvalue weighted by Gasteiger charge is 2.76. The predicted molar refractivity (Wildman–Crippen MR) is 426 cm³/mol. The van der Waals surface area contributed by atoms with Crippen molar-refractivity contribution in [1.29, 1.82) is 0 Å². The van der Waals surface area contributed by atoms with Crippen LogP contribution in [0.5, 0.6) is 5.75 Å². The normalized spacial score (nSPS) is 22.2. The molecule has 4 N–H and O–H groups in total. The minimum atomic E-state index is -1.69. The molecule has 0 unspecified atom stereocenters. The molecule has 1 saturated heterocycles. The number of thiophene rings is 1. The minimum Gasteiger partial charge on any atom is -0.493 e. The number of hydrogen-bond acceptors (Lipinski definition) is 24. The Morgan fingerprint density at radius 1 is 0.625 bits per heavy atom. The number of amides is 15. The highest BCUT2D eigenvalue weighted by Crippen LogP contribution is 2.71. The molecule has 0 spiro atoms. The molecular formula is C81H109FN14O23S. The van der Waals surface area contributed by atoms with E-state index in [1.807, 2.05) is 19.9 Å². The fraction of sp³-hybridized carbons (Fsp3) is 0.580. The zero-order chi connectivity index (χ0) is 88.9. The number of ketones is 3. The lowest BCUT2D eigenvalue weighted by Gasteiger charge is -2.59. The van der Waals surface area contributed by atoms with Gasteiger partial charge in [0.2, 0.25) is 76.8 Å². The number of aliphatic hydroxyl groups is 1. The predicted octanol–water partition coefficient (Wildman–Crippen LogP) is -1.01. The fourth-order valence-corrected chi connectivity index (χ4v) is 16.8. The van der Waals surface area contributed by atoms with Crippen molar-refractivity contribution in [2.24, 2.45) is 28.6 Å². The molecule has 1 aromatic heterocycles. The van der Waals surface area contributed by atoms with E-state index in [1.54, 1.807) is 17.5 Å². The lowest BCUT2D eigenvalue weighted by molar-refractivity contribution is -0.201. The third-order valence-electron chi connectivity index (χ3n) is 23.2. The van der Waals surface area contributed by atoms with Crippen LogP contribution in [0.2, 0.25) is 0 Å². The van der Waals surface area contributed by atoms with Gasteiger partial charge < -0.3 is 89.0 Å². The first-order valence-corrected chi connectivity index (χ1v) is 40.1. The fourth-order valence-electron chi connectivity index (χ4n) is 16.1. The van der Waals surface area contributed by atoms with Crippen LogP contribution in [0.4, 0.5) is 10.1 Å². The average molecular weight is 1700 g/mol. The maximum Gasteiger partial charge on any atom is 0.258 e. The second kappa shape index (κ2) is 40.4. The molecule has 11 atom stereocenters. The smallest absolute Gasteiger partial charge is 0.258 e. The third kappa shape index (κ3) is 22.3. The number of fused-ring (bicyclic) bond motifs is 7. The standard InChI is InChI=1S/C81H109FN14O23S/c1-47(97)35-86(6)65(105)37-88(8)67(107)39-90(10)69(109)41-92(12)71(111)43-94(14)73(113)44-95(15)72(112)42-93(13)70(110)40-91(11)68(108)38-89(9)66(106)36-87(7)62(102)17-16-29-117-58-32-52(96-63(103)24-25-64(96)104)21-18-50(58)19-23-61(101)84-49(3)77(115)85-48(2)76(114)83-46-116-45-59(100)81-60(118-78(119-81)75-56(82)27-30-120-75)33-55-54-22-20-51-31-53(98)26-28-79(51,4)74(54)57(99)34-80(55,81)5/h18,21,24-28,30-32,48-49,54-55,57,60,74,78,99H,16-17,19-20,22-23,29,33-46H2,1-15H3,(H,83,114)(H,84,101)(H,85,115)/t48-,49-,54-,55-,57-,60+,74+,78+,79-,80-,81+/m0/s1. The summed E-state index contributed by atoms with van der Waals surface area (Å²) in [5.41, 5.74) is -1.75. The average Bonchev–Trinajstić information content (AvgIpc) is 1.49. The number of carbonyl (C=O) groups is 18. The minimum absolute atomic E-state index is 0.00866. The monoisotopic (exact) mass is 1700 g/mol. The molecule has 1 aromatic carbocycles. The number of hydrogen-bond donors (Lipinski definition) is 4. The van der Waals surface area contributed by atoms with E-state index >= 15 is 4.39 Å². The van der Waals surface area contributed by atoms with E-state index in [1.165, 1.54) is 120 Å². The van der Waals surface area contributed by atoms with Gasteiger partial charge in [-0.05, 0) is 106 Å². The quantitative estimate of drug-likeness (QED) is 0.0354. The number of carbonyl (C=O) groups excluding carboxylic acids is 18. The van der Waals surface area contributed by atoms with Crippen molar-refractivity contribution < 1.29 is 115 Å². The van der Waals surface area contributed by atoms with E-state index in [0.29, 0.717) is 24.8 Å². The van der Waals surface area contributed by atoms with Gasteiger partial charge in [-0.3, -0.25) is 86.3 Å². The van der Waals surface area contributed by atoms with Gasteiger partial charge in [-0.1, -0.05) is 31.6 Å². The highest BCUT2D eigenvalue weighted by atomic mass is 32.1. The van der Waals surface area contributed by atoms with Crippen LogP contribution >= 0.6 is 11.3 Å². The van der Waals surface area contributed by atoms with Gasteiger partial charge in [-0.15, -0.1) is 11.3 Å². The molecule has 3 saturated carbocycles. The summed E-state index contributed by atoms with van der Waals surface area (Å²) in [4.78, 5) is 247. The van der Waals surface area contributed by atoms with E-state index in [0.717, 1.165) is 78.1 Å². The zero-order valence-electron chi connectivity index (χ0n) is 70.4. The molecule has 2 aromatic rings. The summed E-state index contributed by atoms with van der Waals surface area (Å²) >= 11 is 1.08. The Hall–Kier alpha value is -11.0. The van der Waals surface area contributed by atoms with Gasteiger partial charge in [0.25, 0.3) is 11.8 Å². The van der Waals surface area contributed by atoms with Gasteiger partial charge in [-0.25, -0.2) is 9.29 Å². The molecule has 654 valence electrons. The number of Topliss-reactive ketones (excluding diaryl/α,β-unsaturated/α-hetero) is 2. The first kappa shape index (κ1) is 94.5. The number of benzene rings is 1. The van der Waals surface area contributed by atoms with E-state index < -0.39 is 213 Å². The zero-order valence-corrected chi connectivity index (χ0v) is 71.2. The molecular weight excluding hydrogens is 1590 g/mol. The Balaban J connectivity index is 0.730. The molecule has 120 heavy (non-hydrogen) atoms. The molecule has 0 radical (unpaired) electrons. The Labute approximate surface area is 698 Å². The molecule has 4 fully saturated rings. The molecule has 15 amide bonds. The van der Waals surface area contributed by atoms with E-state index in [4.69, 9.17) is 18.9 Å². The van der Waals surface area contributed by atoms with Crippen LogP contribution in [0.3, 0.4) is 0 Å². The van der Waals surface area contributed by atoms with Crippen LogP contribution < -0.4 is 25.6 Å². The summed E-state index contributed by atoms with van der Waals surface area (Å²) < 4.78 is 40.2. The molecule has 0 bridgehead atoms. The maximum atomic E-state index is 15.1. The van der Waals surface area contributed by atoms with Gasteiger partial charge in [0.15, 0.2) is 23.5 Å². The summed E-state index contributed by atoms with van der Waals surface area (Å²) in [5, 5.41) is 21.4. The number of aryl methyl sites for hydroxylation is 1. The van der Waals surface area contributed by atoms with Crippen molar-refractivity contribution in [3.63, 3.8) is 0 Å². The Bertz CT molecular complexity index is 4440. The van der Waals surface area contributed by atoms with Gasteiger partial charge in [-0.2, -0.15) is 0 Å². The summed E-state index contributed by atoms with van der Waals surface area (Å²) in [6.45, 7) is 2.53. The van der Waals surface area contributed by atoms with E-state index in [9.17, 15) is 91.4 Å². The van der Waals surface area contributed by atoms with Crippen molar-refractivity contribution in [1.82, 2.24) is 64.9 Å². The lowest BCUT2D eigenvalue weighted by Crippen LogP contribution is -2.63. The molecule has 37 nitrogen and oxygen atoms in total. The number of rotatable bonds is 39. The first-order chi connectivity index (χ1) is 56.3. The summed E-state index contributed by atoms with van der Waals surface area (Å²) in [6, 6.07) is 3.40. The topological polar surface area (TPSA) is 436 Å². The van der Waals surface area contributed by atoms with Crippen LogP contribution in [0, 0.1) is 34.4 Å². The highest BCUT2D eigenvalue weighted by molar-refractivity contribution is 7.10.